The molecule has 148 valence electrons. The van der Waals surface area contributed by atoms with Gasteiger partial charge in [0.25, 0.3) is 0 Å². The van der Waals surface area contributed by atoms with Crippen LogP contribution in [0.3, 0.4) is 0 Å². The molecule has 8 heteroatoms. The lowest BCUT2D eigenvalue weighted by Crippen LogP contribution is -2.75. The van der Waals surface area contributed by atoms with Crippen molar-refractivity contribution in [2.24, 2.45) is 11.1 Å². The Morgan fingerprint density at radius 1 is 1.35 bits per heavy atom. The zero-order valence-electron chi connectivity index (χ0n) is 15.9. The first-order valence-electron chi connectivity index (χ1n) is 8.45. The number of amides is 1. The topological polar surface area (TPSA) is 98.5 Å². The number of carbonyl (C=O) groups is 1. The summed E-state index contributed by atoms with van der Waals surface area (Å²) < 4.78 is 28.7. The highest BCUT2D eigenvalue weighted by Crippen LogP contribution is 2.50. The van der Waals surface area contributed by atoms with Crippen LogP contribution in [0.15, 0.2) is 29.2 Å². The lowest BCUT2D eigenvalue weighted by molar-refractivity contribution is -0.171. The fraction of sp³-hybridized carbons (Fsp3) is 0.611. The molecule has 3 atom stereocenters. The monoisotopic (exact) mass is 404 g/mol. The van der Waals surface area contributed by atoms with Gasteiger partial charge in [0.05, 0.1) is 17.0 Å². The molecule has 1 amide bonds. The van der Waals surface area contributed by atoms with Gasteiger partial charge < -0.3 is 15.8 Å². The van der Waals surface area contributed by atoms with Crippen molar-refractivity contribution in [1.82, 2.24) is 5.32 Å². The smallest absolute Gasteiger partial charge is 0.241 e. The average Bonchev–Trinajstić information content (AvgIpc) is 2.53. The van der Waals surface area contributed by atoms with Crippen LogP contribution < -0.4 is 11.1 Å². The van der Waals surface area contributed by atoms with E-state index in [1.54, 1.807) is 24.3 Å². The summed E-state index contributed by atoms with van der Waals surface area (Å²) in [5.41, 5.74) is 5.77. The third-order valence-electron chi connectivity index (χ3n) is 5.39. The number of hydrogen-bond donors (Lipinski definition) is 2. The first-order valence-corrected chi connectivity index (χ1v) is 10.3. The fourth-order valence-electron chi connectivity index (χ4n) is 3.23. The van der Waals surface area contributed by atoms with Crippen LogP contribution in [0.25, 0.3) is 0 Å². The molecular formula is C18H29ClN2O4S. The Labute approximate surface area is 162 Å². The van der Waals surface area contributed by atoms with E-state index in [-0.39, 0.29) is 35.4 Å². The van der Waals surface area contributed by atoms with E-state index >= 15 is 0 Å². The maximum atomic E-state index is 12.7. The second-order valence-electron chi connectivity index (χ2n) is 7.38. The predicted molar refractivity (Wildman–Crippen MR) is 104 cm³/mol. The molecule has 0 aliphatic heterocycles. The number of carbonyl (C=O) groups excluding carboxylic acids is 1. The number of nitrogens with one attached hydrogen (secondary N) is 1. The number of benzene rings is 1. The van der Waals surface area contributed by atoms with Gasteiger partial charge in [0, 0.05) is 24.7 Å². The van der Waals surface area contributed by atoms with Gasteiger partial charge in [0.15, 0.2) is 9.84 Å². The minimum atomic E-state index is -3.23. The Morgan fingerprint density at radius 2 is 1.88 bits per heavy atom. The van der Waals surface area contributed by atoms with E-state index in [0.29, 0.717) is 13.0 Å². The van der Waals surface area contributed by atoms with Gasteiger partial charge in [-0.05, 0) is 31.5 Å². The highest BCUT2D eigenvalue weighted by molar-refractivity contribution is 7.90. The molecule has 2 rings (SSSR count). The summed E-state index contributed by atoms with van der Waals surface area (Å²) in [5, 5.41) is 2.95. The van der Waals surface area contributed by atoms with Crippen LogP contribution in [0.4, 0.5) is 0 Å². The van der Waals surface area contributed by atoms with Gasteiger partial charge in [-0.25, -0.2) is 8.42 Å². The second-order valence-corrected chi connectivity index (χ2v) is 9.39. The molecule has 1 aromatic carbocycles. The summed E-state index contributed by atoms with van der Waals surface area (Å²) in [6.45, 7) is 8.26. The highest BCUT2D eigenvalue weighted by atomic mass is 35.5. The zero-order chi connectivity index (χ0) is 19.0. The maximum absolute atomic E-state index is 12.7. The van der Waals surface area contributed by atoms with Crippen LogP contribution in [-0.4, -0.2) is 38.8 Å². The third-order valence-corrected chi connectivity index (χ3v) is 6.52. The lowest BCUT2D eigenvalue weighted by Gasteiger charge is -2.57. The molecule has 0 bridgehead atoms. The summed E-state index contributed by atoms with van der Waals surface area (Å²) in [6, 6.07) is 6.23. The minimum Gasteiger partial charge on any atom is -0.378 e. The van der Waals surface area contributed by atoms with E-state index < -0.39 is 20.8 Å². The molecule has 26 heavy (non-hydrogen) atoms. The molecule has 1 aliphatic carbocycles. The minimum absolute atomic E-state index is 0. The summed E-state index contributed by atoms with van der Waals surface area (Å²) in [4.78, 5) is 13.0. The van der Waals surface area contributed by atoms with E-state index in [1.165, 1.54) is 6.26 Å². The van der Waals surface area contributed by atoms with Crippen LogP contribution in [0.2, 0.25) is 0 Å². The van der Waals surface area contributed by atoms with Gasteiger partial charge in [-0.3, -0.25) is 4.79 Å². The van der Waals surface area contributed by atoms with Crippen molar-refractivity contribution in [1.29, 1.82) is 0 Å². The maximum Gasteiger partial charge on any atom is 0.241 e. The Bertz CT molecular complexity index is 749. The molecule has 1 aromatic rings. The lowest BCUT2D eigenvalue weighted by atomic mass is 9.54. The van der Waals surface area contributed by atoms with Gasteiger partial charge in [-0.2, -0.15) is 0 Å². The Hall–Kier alpha value is -1.15. The summed E-state index contributed by atoms with van der Waals surface area (Å²) >= 11 is 0. The first-order chi connectivity index (χ1) is 11.4. The number of nitrogens with two attached hydrogens (primary N) is 1. The molecule has 1 aliphatic rings. The number of ether oxygens (including phenoxy) is 1. The van der Waals surface area contributed by atoms with Crippen LogP contribution >= 0.6 is 12.4 Å². The van der Waals surface area contributed by atoms with Gasteiger partial charge in [-0.1, -0.05) is 26.0 Å². The van der Waals surface area contributed by atoms with Gasteiger partial charge in [0.2, 0.25) is 5.91 Å². The number of sulfone groups is 1. The van der Waals surface area contributed by atoms with E-state index in [2.05, 4.69) is 5.32 Å². The van der Waals surface area contributed by atoms with E-state index in [4.69, 9.17) is 10.5 Å². The van der Waals surface area contributed by atoms with E-state index in [0.717, 1.165) is 5.56 Å². The van der Waals surface area contributed by atoms with Crippen LogP contribution in [-0.2, 0) is 19.4 Å². The van der Waals surface area contributed by atoms with Crippen LogP contribution in [0.1, 0.15) is 45.7 Å². The standard InChI is InChI=1S/C18H28N2O4S.ClH/c1-6-24-15-11-18(19,17(15,3)4)16(21)20-12(2)13-7-9-14(10-8-13)25(5,22)23;/h7-10,12,15H,6,11,19H2,1-5H3,(H,20,21);1H. The van der Waals surface area contributed by atoms with Crippen LogP contribution in [0, 0.1) is 5.41 Å². The normalized spacial score (nSPS) is 25.5. The summed E-state index contributed by atoms with van der Waals surface area (Å²) in [7, 11) is -3.23. The van der Waals surface area contributed by atoms with E-state index in [1.807, 2.05) is 27.7 Å². The Balaban J connectivity index is 0.00000338. The molecule has 0 saturated heterocycles. The molecular weight excluding hydrogens is 376 g/mol. The predicted octanol–water partition coefficient (Wildman–Crippen LogP) is 2.22. The molecule has 0 aromatic heterocycles. The Morgan fingerprint density at radius 3 is 2.31 bits per heavy atom. The van der Waals surface area contributed by atoms with Gasteiger partial charge in [0.1, 0.15) is 5.54 Å². The average molecular weight is 405 g/mol. The molecule has 0 radical (unpaired) electrons. The summed E-state index contributed by atoms with van der Waals surface area (Å²) in [5.74, 6) is -0.215. The van der Waals surface area contributed by atoms with Crippen molar-refractivity contribution in [3.8, 4) is 0 Å². The number of rotatable bonds is 6. The van der Waals surface area contributed by atoms with Crippen molar-refractivity contribution in [3.63, 3.8) is 0 Å². The molecule has 1 saturated carbocycles. The van der Waals surface area contributed by atoms with Crippen molar-refractivity contribution in [2.75, 3.05) is 12.9 Å². The van der Waals surface area contributed by atoms with Crippen molar-refractivity contribution >= 4 is 28.2 Å². The van der Waals surface area contributed by atoms with Crippen LogP contribution in [0.5, 0.6) is 0 Å². The first kappa shape index (κ1) is 22.9. The molecule has 6 nitrogen and oxygen atoms in total. The largest absolute Gasteiger partial charge is 0.378 e. The zero-order valence-corrected chi connectivity index (χ0v) is 17.5. The number of hydrogen-bond acceptors (Lipinski definition) is 5. The molecule has 0 heterocycles. The van der Waals surface area contributed by atoms with Crippen molar-refractivity contribution in [3.05, 3.63) is 29.8 Å². The quantitative estimate of drug-likeness (QED) is 0.757. The van der Waals surface area contributed by atoms with Crippen molar-refractivity contribution < 1.29 is 17.9 Å². The molecule has 1 fully saturated rings. The summed E-state index contributed by atoms with van der Waals surface area (Å²) in [6.07, 6.45) is 1.62. The molecule has 3 unspecified atom stereocenters. The molecule has 3 N–H and O–H groups in total. The number of halogens is 1. The molecule has 0 spiro atoms. The Kier molecular flexibility index (Phi) is 6.90. The SMILES string of the molecule is CCOC1CC(N)(C(=O)NC(C)c2ccc(S(C)(=O)=O)cc2)C1(C)C.Cl. The third kappa shape index (κ3) is 4.06. The fourth-order valence-corrected chi connectivity index (χ4v) is 3.86. The highest BCUT2D eigenvalue weighted by Gasteiger charge is 2.62. The van der Waals surface area contributed by atoms with E-state index in [9.17, 15) is 13.2 Å². The van der Waals surface area contributed by atoms with Gasteiger partial charge >= 0.3 is 0 Å². The van der Waals surface area contributed by atoms with Crippen molar-refractivity contribution in [2.45, 2.75) is 56.7 Å². The van der Waals surface area contributed by atoms with Gasteiger partial charge in [-0.15, -0.1) is 12.4 Å². The second kappa shape index (κ2) is 7.84.